The number of aromatic hydroxyl groups is 1. The summed E-state index contributed by atoms with van der Waals surface area (Å²) in [5.74, 6) is 0.257. The van der Waals surface area contributed by atoms with Crippen molar-refractivity contribution in [3.63, 3.8) is 0 Å². The lowest BCUT2D eigenvalue weighted by molar-refractivity contribution is -0.135. The van der Waals surface area contributed by atoms with E-state index in [2.05, 4.69) is 5.32 Å². The Morgan fingerprint density at radius 3 is 2.20 bits per heavy atom. The summed E-state index contributed by atoms with van der Waals surface area (Å²) >= 11 is 0. The molecule has 1 amide bonds. The molecule has 1 aliphatic heterocycles. The lowest BCUT2D eigenvalue weighted by atomic mass is 9.92. The smallest absolute Gasteiger partial charge is 0.250 e. The van der Waals surface area contributed by atoms with Gasteiger partial charge >= 0.3 is 0 Å². The molecule has 0 bridgehead atoms. The molecule has 6 nitrogen and oxygen atoms in total. The van der Waals surface area contributed by atoms with Gasteiger partial charge in [0, 0.05) is 19.8 Å². The number of benzene rings is 2. The average Bonchev–Trinajstić information content (AvgIpc) is 2.89. The van der Waals surface area contributed by atoms with Gasteiger partial charge in [-0.05, 0) is 43.3 Å². The third-order valence-corrected chi connectivity index (χ3v) is 4.23. The van der Waals surface area contributed by atoms with Gasteiger partial charge in [-0.3, -0.25) is 14.8 Å². The summed E-state index contributed by atoms with van der Waals surface area (Å²) in [4.78, 5) is 12.0. The van der Waals surface area contributed by atoms with Crippen LogP contribution in [-0.2, 0) is 4.79 Å². The lowest BCUT2D eigenvalue weighted by Crippen LogP contribution is -2.36. The van der Waals surface area contributed by atoms with Crippen LogP contribution in [0.3, 0.4) is 0 Å². The van der Waals surface area contributed by atoms with Gasteiger partial charge in [0.25, 0.3) is 5.91 Å². The van der Waals surface area contributed by atoms with Crippen molar-refractivity contribution in [3.05, 3.63) is 54.6 Å². The van der Waals surface area contributed by atoms with Gasteiger partial charge in [-0.2, -0.15) is 0 Å². The number of aliphatic hydroxyl groups is 1. The molecule has 134 valence electrons. The molecule has 1 aliphatic rings. The number of phenolic OH excluding ortho intramolecular Hbond substituents is 1. The van der Waals surface area contributed by atoms with Crippen molar-refractivity contribution in [3.8, 4) is 5.75 Å². The van der Waals surface area contributed by atoms with Crippen molar-refractivity contribution in [1.29, 1.82) is 0 Å². The zero-order valence-corrected chi connectivity index (χ0v) is 14.8. The molecule has 25 heavy (non-hydrogen) atoms. The minimum atomic E-state index is -0.690. The van der Waals surface area contributed by atoms with Gasteiger partial charge in [-0.15, -0.1) is 0 Å². The first-order valence-electron chi connectivity index (χ1n) is 8.09. The van der Waals surface area contributed by atoms with Crippen LogP contribution >= 0.6 is 0 Å². The minimum Gasteiger partial charge on any atom is -0.508 e. The maximum absolute atomic E-state index is 12.0. The van der Waals surface area contributed by atoms with Crippen LogP contribution in [0, 0.1) is 5.41 Å². The Kier molecular flexibility index (Phi) is 5.88. The SMILES string of the molecule is CN1C(=O)C(C)(CO)CN1c1ccccc1.CNc1ccc(O)cc1. The number of hydrazine groups is 1. The number of aliphatic hydroxyl groups excluding tert-OH is 1. The summed E-state index contributed by atoms with van der Waals surface area (Å²) in [7, 11) is 3.57. The van der Waals surface area contributed by atoms with Crippen molar-refractivity contribution in [2.24, 2.45) is 5.41 Å². The number of nitrogens with one attached hydrogen (secondary N) is 1. The Bertz CT molecular complexity index is 691. The second-order valence-corrected chi connectivity index (χ2v) is 6.24. The van der Waals surface area contributed by atoms with Crippen molar-refractivity contribution in [1.82, 2.24) is 5.01 Å². The molecule has 1 heterocycles. The number of hydrogen-bond acceptors (Lipinski definition) is 5. The van der Waals surface area contributed by atoms with Crippen LogP contribution in [0.15, 0.2) is 54.6 Å². The lowest BCUT2D eigenvalue weighted by Gasteiger charge is -2.25. The van der Waals surface area contributed by atoms with Gasteiger partial charge in [0.2, 0.25) is 0 Å². The predicted molar refractivity (Wildman–Crippen MR) is 99.4 cm³/mol. The van der Waals surface area contributed by atoms with E-state index in [0.29, 0.717) is 12.3 Å². The number of phenols is 1. The van der Waals surface area contributed by atoms with Crippen molar-refractivity contribution in [2.75, 3.05) is 37.6 Å². The van der Waals surface area contributed by atoms with Crippen LogP contribution in [-0.4, -0.2) is 48.4 Å². The molecule has 6 heteroatoms. The number of rotatable bonds is 3. The van der Waals surface area contributed by atoms with E-state index in [4.69, 9.17) is 5.11 Å². The topological polar surface area (TPSA) is 76.0 Å². The van der Waals surface area contributed by atoms with Crippen LogP contribution in [0.5, 0.6) is 5.75 Å². The van der Waals surface area contributed by atoms with Crippen molar-refractivity contribution < 1.29 is 15.0 Å². The fourth-order valence-electron chi connectivity index (χ4n) is 2.61. The highest BCUT2D eigenvalue weighted by atomic mass is 16.3. The number of carbonyl (C=O) groups excluding carboxylic acids is 1. The minimum absolute atomic E-state index is 0.0427. The molecular weight excluding hydrogens is 318 g/mol. The maximum atomic E-state index is 12.0. The van der Waals surface area contributed by atoms with Crippen molar-refractivity contribution >= 4 is 17.3 Å². The second-order valence-electron chi connectivity index (χ2n) is 6.24. The number of nitrogens with zero attached hydrogens (tertiary/aromatic N) is 2. The van der Waals surface area contributed by atoms with Crippen LogP contribution in [0.4, 0.5) is 11.4 Å². The van der Waals surface area contributed by atoms with E-state index in [1.165, 1.54) is 0 Å². The fourth-order valence-corrected chi connectivity index (χ4v) is 2.61. The molecule has 2 aromatic rings. The highest BCUT2D eigenvalue weighted by molar-refractivity contribution is 5.87. The third kappa shape index (κ3) is 4.22. The standard InChI is InChI=1S/C12H16N2O2.C7H9NO/c1-12(9-15)8-14(13(2)11(12)16)10-6-4-3-5-7-10;1-8-6-2-4-7(9)5-3-6/h3-7,15H,8-9H2,1-2H3;2-5,8-9H,1H3. The van der Waals surface area contributed by atoms with E-state index in [-0.39, 0.29) is 12.5 Å². The summed E-state index contributed by atoms with van der Waals surface area (Å²) < 4.78 is 0. The number of para-hydroxylation sites is 1. The zero-order valence-electron chi connectivity index (χ0n) is 14.8. The van der Waals surface area contributed by atoms with Gasteiger partial charge in [0.05, 0.1) is 24.3 Å². The van der Waals surface area contributed by atoms with Crippen LogP contribution in [0.25, 0.3) is 0 Å². The maximum Gasteiger partial charge on any atom is 0.250 e. The Morgan fingerprint density at radius 2 is 1.72 bits per heavy atom. The van der Waals surface area contributed by atoms with E-state index in [9.17, 15) is 9.90 Å². The normalized spacial score (nSPS) is 19.4. The first-order valence-corrected chi connectivity index (χ1v) is 8.09. The van der Waals surface area contributed by atoms with Gasteiger partial charge < -0.3 is 15.5 Å². The van der Waals surface area contributed by atoms with Crippen LogP contribution in [0.2, 0.25) is 0 Å². The first kappa shape index (κ1) is 18.6. The number of hydrogen-bond donors (Lipinski definition) is 3. The molecule has 2 aromatic carbocycles. The molecular formula is C19H25N3O3. The van der Waals surface area contributed by atoms with E-state index in [1.807, 2.05) is 54.5 Å². The van der Waals surface area contributed by atoms with Gasteiger partial charge in [-0.1, -0.05) is 18.2 Å². The van der Waals surface area contributed by atoms with E-state index in [1.54, 1.807) is 31.1 Å². The summed E-state index contributed by atoms with van der Waals surface area (Å²) in [5.41, 5.74) is 1.29. The average molecular weight is 343 g/mol. The van der Waals surface area contributed by atoms with E-state index >= 15 is 0 Å². The summed E-state index contributed by atoms with van der Waals surface area (Å²) in [6.07, 6.45) is 0. The molecule has 1 fully saturated rings. The number of amides is 1. The second kappa shape index (κ2) is 7.90. The molecule has 1 unspecified atom stereocenters. The highest BCUT2D eigenvalue weighted by Crippen LogP contribution is 2.32. The molecule has 0 spiro atoms. The molecule has 1 saturated heterocycles. The fraction of sp³-hybridized carbons (Fsp3) is 0.316. The van der Waals surface area contributed by atoms with Gasteiger partial charge in [0.1, 0.15) is 5.75 Å². The van der Waals surface area contributed by atoms with E-state index in [0.717, 1.165) is 11.4 Å². The quantitative estimate of drug-likeness (QED) is 0.746. The number of anilines is 2. The third-order valence-electron chi connectivity index (χ3n) is 4.23. The summed E-state index contributed by atoms with van der Waals surface area (Å²) in [6, 6.07) is 16.6. The molecule has 0 aromatic heterocycles. The Balaban J connectivity index is 0.000000212. The molecule has 0 saturated carbocycles. The Hall–Kier alpha value is -2.73. The summed E-state index contributed by atoms with van der Waals surface area (Å²) in [6.45, 7) is 2.18. The van der Waals surface area contributed by atoms with Crippen LogP contribution in [0.1, 0.15) is 6.92 Å². The Morgan fingerprint density at radius 1 is 1.12 bits per heavy atom. The number of carbonyl (C=O) groups is 1. The van der Waals surface area contributed by atoms with Crippen molar-refractivity contribution in [2.45, 2.75) is 6.92 Å². The van der Waals surface area contributed by atoms with Crippen LogP contribution < -0.4 is 10.3 Å². The first-order chi connectivity index (χ1) is 11.9. The zero-order chi connectivity index (χ0) is 18.4. The predicted octanol–water partition coefficient (Wildman–Crippen LogP) is 2.31. The van der Waals surface area contributed by atoms with E-state index < -0.39 is 5.41 Å². The molecule has 0 aliphatic carbocycles. The monoisotopic (exact) mass is 343 g/mol. The largest absolute Gasteiger partial charge is 0.508 e. The molecule has 3 rings (SSSR count). The summed E-state index contributed by atoms with van der Waals surface area (Å²) in [5, 5.41) is 24.5. The highest BCUT2D eigenvalue weighted by Gasteiger charge is 2.45. The molecule has 1 atom stereocenters. The van der Waals surface area contributed by atoms with Gasteiger partial charge in [0.15, 0.2) is 0 Å². The van der Waals surface area contributed by atoms with Gasteiger partial charge in [-0.25, -0.2) is 0 Å². The molecule has 3 N–H and O–H groups in total. The molecule has 0 radical (unpaired) electrons. The Labute approximate surface area is 148 Å².